The number of H-pyrrole nitrogens is 3. The van der Waals surface area contributed by atoms with Crippen LogP contribution in [-0.2, 0) is 0 Å². The van der Waals surface area contributed by atoms with E-state index in [9.17, 15) is 0 Å². The highest BCUT2D eigenvalue weighted by Gasteiger charge is 2.13. The first-order chi connectivity index (χ1) is 13.3. The number of hydrogen-bond donors (Lipinski definition) is 3. The van der Waals surface area contributed by atoms with Crippen LogP contribution < -0.4 is 0 Å². The number of para-hydroxylation sites is 2. The number of aromatic amines is 3. The van der Waals surface area contributed by atoms with Crippen LogP contribution in [0.1, 0.15) is 0 Å². The Balaban J connectivity index is 1.53. The van der Waals surface area contributed by atoms with E-state index in [4.69, 9.17) is 4.98 Å². The largest absolute Gasteiger partial charge is 0.361 e. The topological polar surface area (TPSA) is 73.2 Å². The van der Waals surface area contributed by atoms with Gasteiger partial charge in [-0.15, -0.1) is 0 Å². The van der Waals surface area contributed by atoms with Gasteiger partial charge < -0.3 is 9.97 Å². The zero-order valence-corrected chi connectivity index (χ0v) is 14.3. The highest BCUT2D eigenvalue weighted by atomic mass is 15.1. The van der Waals surface area contributed by atoms with Gasteiger partial charge in [0.1, 0.15) is 5.69 Å². The Kier molecular flexibility index (Phi) is 2.82. The number of hydrogen-bond acceptors (Lipinski definition) is 2. The van der Waals surface area contributed by atoms with Crippen LogP contribution in [0.5, 0.6) is 0 Å². The molecule has 0 unspecified atom stereocenters. The Labute approximate surface area is 154 Å². The molecular formula is C22H15N5. The number of aromatic nitrogens is 5. The second-order valence-electron chi connectivity index (χ2n) is 6.71. The number of imidazole rings is 1. The van der Waals surface area contributed by atoms with E-state index in [1.165, 1.54) is 10.9 Å². The van der Waals surface area contributed by atoms with Crippen LogP contribution in [-0.4, -0.2) is 25.1 Å². The van der Waals surface area contributed by atoms with Crippen molar-refractivity contribution in [2.45, 2.75) is 0 Å². The zero-order chi connectivity index (χ0) is 17.8. The van der Waals surface area contributed by atoms with Gasteiger partial charge in [0.2, 0.25) is 0 Å². The minimum Gasteiger partial charge on any atom is -0.361 e. The SMILES string of the molecule is c1ccc2[nH]c(-c3n[nH]c4ccc(-c5ccc6[nH]ccc6c5)cc34)nc2c1. The molecule has 0 bridgehead atoms. The molecule has 0 aliphatic rings. The van der Waals surface area contributed by atoms with Gasteiger partial charge in [0, 0.05) is 17.1 Å². The number of fused-ring (bicyclic) bond motifs is 3. The van der Waals surface area contributed by atoms with E-state index in [2.05, 4.69) is 62.6 Å². The average molecular weight is 349 g/mol. The van der Waals surface area contributed by atoms with Crippen molar-refractivity contribution in [3.05, 3.63) is 72.9 Å². The predicted molar refractivity (Wildman–Crippen MR) is 108 cm³/mol. The smallest absolute Gasteiger partial charge is 0.159 e. The highest BCUT2D eigenvalue weighted by molar-refractivity contribution is 5.96. The Morgan fingerprint density at radius 1 is 0.741 bits per heavy atom. The summed E-state index contributed by atoms with van der Waals surface area (Å²) < 4.78 is 0. The van der Waals surface area contributed by atoms with Crippen molar-refractivity contribution < 1.29 is 0 Å². The molecule has 0 aliphatic carbocycles. The van der Waals surface area contributed by atoms with Crippen molar-refractivity contribution >= 4 is 32.8 Å². The Morgan fingerprint density at radius 2 is 1.59 bits per heavy atom. The monoisotopic (exact) mass is 349 g/mol. The summed E-state index contributed by atoms with van der Waals surface area (Å²) in [7, 11) is 0. The van der Waals surface area contributed by atoms with Crippen LogP contribution in [0.2, 0.25) is 0 Å². The van der Waals surface area contributed by atoms with Gasteiger partial charge in [0.25, 0.3) is 0 Å². The molecule has 0 spiro atoms. The Bertz CT molecular complexity index is 1400. The third kappa shape index (κ3) is 2.18. The third-order valence-electron chi connectivity index (χ3n) is 5.06. The van der Waals surface area contributed by atoms with Crippen molar-refractivity contribution in [2.24, 2.45) is 0 Å². The summed E-state index contributed by atoms with van der Waals surface area (Å²) in [5.41, 5.74) is 7.27. The molecular weight excluding hydrogens is 334 g/mol. The molecule has 0 radical (unpaired) electrons. The van der Waals surface area contributed by atoms with E-state index in [0.29, 0.717) is 0 Å². The molecule has 5 nitrogen and oxygen atoms in total. The third-order valence-corrected chi connectivity index (χ3v) is 5.06. The van der Waals surface area contributed by atoms with Crippen molar-refractivity contribution in [3.63, 3.8) is 0 Å². The molecule has 0 fully saturated rings. The fraction of sp³-hybridized carbons (Fsp3) is 0. The molecule has 5 heteroatoms. The zero-order valence-electron chi connectivity index (χ0n) is 14.3. The maximum absolute atomic E-state index is 4.70. The highest BCUT2D eigenvalue weighted by Crippen LogP contribution is 2.31. The van der Waals surface area contributed by atoms with E-state index in [0.717, 1.165) is 44.5 Å². The molecule has 128 valence electrons. The summed E-state index contributed by atoms with van der Waals surface area (Å²) in [6, 6.07) is 22.9. The van der Waals surface area contributed by atoms with E-state index in [1.54, 1.807) is 0 Å². The second-order valence-corrected chi connectivity index (χ2v) is 6.71. The molecule has 27 heavy (non-hydrogen) atoms. The average Bonchev–Trinajstić information content (AvgIpc) is 3.43. The first-order valence-corrected chi connectivity index (χ1v) is 8.86. The fourth-order valence-electron chi connectivity index (χ4n) is 3.67. The van der Waals surface area contributed by atoms with Gasteiger partial charge in [0.05, 0.1) is 16.6 Å². The normalized spacial score (nSPS) is 11.7. The van der Waals surface area contributed by atoms with Gasteiger partial charge in [-0.3, -0.25) is 5.10 Å². The van der Waals surface area contributed by atoms with E-state index < -0.39 is 0 Å². The summed E-state index contributed by atoms with van der Waals surface area (Å²) in [4.78, 5) is 11.3. The van der Waals surface area contributed by atoms with Crippen LogP contribution in [0.3, 0.4) is 0 Å². The summed E-state index contributed by atoms with van der Waals surface area (Å²) in [6.07, 6.45) is 1.97. The number of nitrogens with one attached hydrogen (secondary N) is 3. The quantitative estimate of drug-likeness (QED) is 0.399. The minimum absolute atomic E-state index is 0.778. The number of nitrogens with zero attached hydrogens (tertiary/aromatic N) is 2. The molecule has 0 saturated carbocycles. The van der Waals surface area contributed by atoms with Crippen molar-refractivity contribution in [1.82, 2.24) is 25.1 Å². The summed E-state index contributed by atoms with van der Waals surface area (Å²) in [5.74, 6) is 0.778. The first-order valence-electron chi connectivity index (χ1n) is 8.86. The van der Waals surface area contributed by atoms with Crippen LogP contribution in [0.15, 0.2) is 72.9 Å². The molecule has 0 atom stereocenters. The van der Waals surface area contributed by atoms with Crippen LogP contribution >= 0.6 is 0 Å². The van der Waals surface area contributed by atoms with Crippen molar-refractivity contribution in [1.29, 1.82) is 0 Å². The lowest BCUT2D eigenvalue weighted by Crippen LogP contribution is -1.82. The summed E-state index contributed by atoms with van der Waals surface area (Å²) in [6.45, 7) is 0. The second kappa shape index (κ2) is 5.32. The molecule has 6 rings (SSSR count). The molecule has 3 N–H and O–H groups in total. The Morgan fingerprint density at radius 3 is 2.52 bits per heavy atom. The van der Waals surface area contributed by atoms with Crippen molar-refractivity contribution in [2.75, 3.05) is 0 Å². The van der Waals surface area contributed by atoms with Gasteiger partial charge >= 0.3 is 0 Å². The molecule has 3 aromatic heterocycles. The number of rotatable bonds is 2. The van der Waals surface area contributed by atoms with Gasteiger partial charge in [0.15, 0.2) is 5.82 Å². The van der Waals surface area contributed by atoms with Crippen LogP contribution in [0.25, 0.3) is 55.5 Å². The van der Waals surface area contributed by atoms with E-state index in [1.807, 2.05) is 30.5 Å². The fourth-order valence-corrected chi connectivity index (χ4v) is 3.67. The van der Waals surface area contributed by atoms with Gasteiger partial charge in [-0.2, -0.15) is 5.10 Å². The maximum atomic E-state index is 4.70. The lowest BCUT2D eigenvalue weighted by atomic mass is 10.0. The molecule has 0 saturated heterocycles. The maximum Gasteiger partial charge on any atom is 0.159 e. The minimum atomic E-state index is 0.778. The standard InChI is InChI=1S/C22H15N5/c1-2-4-20-19(3-1)24-22(25-20)21-16-12-14(6-8-18(16)26-27-21)13-5-7-17-15(11-13)9-10-23-17/h1-12,23H,(H,24,25)(H,26,27). The lowest BCUT2D eigenvalue weighted by molar-refractivity contribution is 1.11. The van der Waals surface area contributed by atoms with E-state index in [-0.39, 0.29) is 0 Å². The van der Waals surface area contributed by atoms with Gasteiger partial charge in [-0.1, -0.05) is 24.3 Å². The summed E-state index contributed by atoms with van der Waals surface area (Å²) >= 11 is 0. The Hall–Kier alpha value is -3.86. The molecule has 6 aromatic rings. The van der Waals surface area contributed by atoms with Crippen LogP contribution in [0, 0.1) is 0 Å². The predicted octanol–water partition coefficient (Wildman–Crippen LogP) is 5.25. The van der Waals surface area contributed by atoms with Crippen LogP contribution in [0.4, 0.5) is 0 Å². The molecule has 3 aromatic carbocycles. The van der Waals surface area contributed by atoms with E-state index >= 15 is 0 Å². The van der Waals surface area contributed by atoms with Gasteiger partial charge in [-0.05, 0) is 59.0 Å². The molecule has 3 heterocycles. The lowest BCUT2D eigenvalue weighted by Gasteiger charge is -2.03. The molecule has 0 aliphatic heterocycles. The van der Waals surface area contributed by atoms with Crippen molar-refractivity contribution in [3.8, 4) is 22.6 Å². The molecule has 0 amide bonds. The van der Waals surface area contributed by atoms with Gasteiger partial charge in [-0.25, -0.2) is 4.98 Å². The number of benzene rings is 3. The first kappa shape index (κ1) is 14.3. The summed E-state index contributed by atoms with van der Waals surface area (Å²) in [5, 5.41) is 9.90.